The summed E-state index contributed by atoms with van der Waals surface area (Å²) in [7, 11) is -2.93. The van der Waals surface area contributed by atoms with Crippen molar-refractivity contribution in [1.82, 2.24) is 9.97 Å². The first-order chi connectivity index (χ1) is 12.4. The highest BCUT2D eigenvalue weighted by Crippen LogP contribution is 2.27. The Labute approximate surface area is 155 Å². The Morgan fingerprint density at radius 2 is 2.00 bits per heavy atom. The van der Waals surface area contributed by atoms with Crippen molar-refractivity contribution in [3.05, 3.63) is 42.1 Å². The molecule has 140 valence electrons. The molecule has 1 aliphatic heterocycles. The Kier molecular flexibility index (Phi) is 5.46. The lowest BCUT2D eigenvalue weighted by molar-refractivity contribution is 0.599. The molecule has 1 aromatic heterocycles. The number of aromatic nitrogens is 2. The van der Waals surface area contributed by atoms with Gasteiger partial charge in [0.25, 0.3) is 0 Å². The van der Waals surface area contributed by atoms with Crippen LogP contribution in [0, 0.1) is 6.92 Å². The second-order valence-electron chi connectivity index (χ2n) is 6.64. The summed E-state index contributed by atoms with van der Waals surface area (Å²) in [5.41, 5.74) is 2.24. The van der Waals surface area contributed by atoms with Crippen LogP contribution in [0.4, 0.5) is 17.5 Å². The highest BCUT2D eigenvalue weighted by Gasteiger charge is 2.32. The molecule has 0 bridgehead atoms. The molecule has 1 aromatic carbocycles. The standard InChI is InChI=1S/C19H26N4O2S/c1-4-22(17-10-12-26(24,25)14-17)18-9-11-20-19(21-18)23(5-2)16-8-6-7-15(3)13-16/h6-9,11,13,17H,4-5,10,12,14H2,1-3H3. The summed E-state index contributed by atoms with van der Waals surface area (Å²) in [6.45, 7) is 7.63. The molecule has 1 unspecified atom stereocenters. The molecular weight excluding hydrogens is 348 g/mol. The predicted octanol–water partition coefficient (Wildman–Crippen LogP) is 2.96. The van der Waals surface area contributed by atoms with Gasteiger partial charge in [-0.05, 0) is 51.0 Å². The molecule has 1 aliphatic rings. The van der Waals surface area contributed by atoms with Crippen LogP contribution >= 0.6 is 0 Å². The largest absolute Gasteiger partial charge is 0.353 e. The number of nitrogens with zero attached hydrogens (tertiary/aromatic N) is 4. The number of hydrogen-bond acceptors (Lipinski definition) is 6. The van der Waals surface area contributed by atoms with Crippen molar-refractivity contribution in [3.8, 4) is 0 Å². The SMILES string of the molecule is CCN(c1cccc(C)c1)c1nccc(N(CC)C2CCS(=O)(=O)C2)n1. The fourth-order valence-corrected chi connectivity index (χ4v) is 5.22. The highest BCUT2D eigenvalue weighted by molar-refractivity contribution is 7.91. The van der Waals surface area contributed by atoms with Crippen molar-refractivity contribution < 1.29 is 8.42 Å². The molecule has 6 nitrogen and oxygen atoms in total. The number of benzene rings is 1. The average Bonchev–Trinajstić information content (AvgIpc) is 2.96. The van der Waals surface area contributed by atoms with Gasteiger partial charge in [-0.25, -0.2) is 13.4 Å². The van der Waals surface area contributed by atoms with E-state index in [1.165, 1.54) is 5.56 Å². The summed E-state index contributed by atoms with van der Waals surface area (Å²) in [6, 6.07) is 10.1. The minimum Gasteiger partial charge on any atom is -0.353 e. The third-order valence-corrected chi connectivity index (χ3v) is 6.53. The van der Waals surface area contributed by atoms with Crippen LogP contribution in [0.3, 0.4) is 0 Å². The molecule has 7 heteroatoms. The van der Waals surface area contributed by atoms with Gasteiger partial charge >= 0.3 is 0 Å². The number of sulfone groups is 1. The Balaban J connectivity index is 1.91. The van der Waals surface area contributed by atoms with Gasteiger partial charge in [0.15, 0.2) is 9.84 Å². The molecule has 1 atom stereocenters. The highest BCUT2D eigenvalue weighted by atomic mass is 32.2. The van der Waals surface area contributed by atoms with Crippen molar-refractivity contribution >= 4 is 27.3 Å². The normalized spacial score (nSPS) is 18.7. The lowest BCUT2D eigenvalue weighted by Crippen LogP contribution is -2.37. The topological polar surface area (TPSA) is 66.4 Å². The van der Waals surface area contributed by atoms with Gasteiger partial charge in [0.2, 0.25) is 5.95 Å². The maximum atomic E-state index is 11.9. The number of aryl methyl sites for hydroxylation is 1. The van der Waals surface area contributed by atoms with E-state index >= 15 is 0 Å². The molecular formula is C19H26N4O2S. The lowest BCUT2D eigenvalue weighted by atomic mass is 10.2. The first kappa shape index (κ1) is 18.6. The van der Waals surface area contributed by atoms with Gasteiger partial charge in [-0.1, -0.05) is 12.1 Å². The molecule has 3 rings (SSSR count). The van der Waals surface area contributed by atoms with Gasteiger partial charge in [-0.15, -0.1) is 0 Å². The van der Waals surface area contributed by atoms with E-state index in [0.717, 1.165) is 18.1 Å². The molecule has 0 amide bonds. The Morgan fingerprint density at radius 3 is 2.62 bits per heavy atom. The summed E-state index contributed by atoms with van der Waals surface area (Å²) in [4.78, 5) is 13.4. The molecule has 0 aliphatic carbocycles. The number of anilines is 3. The summed E-state index contributed by atoms with van der Waals surface area (Å²) >= 11 is 0. The molecule has 2 heterocycles. The van der Waals surface area contributed by atoms with Crippen LogP contribution in [-0.2, 0) is 9.84 Å². The molecule has 0 N–H and O–H groups in total. The zero-order valence-corrected chi connectivity index (χ0v) is 16.4. The quantitative estimate of drug-likeness (QED) is 0.774. The van der Waals surface area contributed by atoms with Crippen molar-refractivity contribution in [2.45, 2.75) is 33.2 Å². The zero-order valence-electron chi connectivity index (χ0n) is 15.6. The fraction of sp³-hybridized carbons (Fsp3) is 0.474. The second kappa shape index (κ2) is 7.61. The van der Waals surface area contributed by atoms with Gasteiger partial charge in [0, 0.05) is 31.0 Å². The average molecular weight is 375 g/mol. The van der Waals surface area contributed by atoms with Crippen molar-refractivity contribution in [3.63, 3.8) is 0 Å². The van der Waals surface area contributed by atoms with Crippen molar-refractivity contribution in [1.29, 1.82) is 0 Å². The van der Waals surface area contributed by atoms with Gasteiger partial charge in [-0.3, -0.25) is 0 Å². The van der Waals surface area contributed by atoms with E-state index in [1.54, 1.807) is 6.20 Å². The van der Waals surface area contributed by atoms with Gasteiger partial charge in [-0.2, -0.15) is 4.98 Å². The zero-order chi connectivity index (χ0) is 18.7. The first-order valence-electron chi connectivity index (χ1n) is 9.08. The van der Waals surface area contributed by atoms with Crippen LogP contribution < -0.4 is 9.80 Å². The molecule has 0 radical (unpaired) electrons. The fourth-order valence-electron chi connectivity index (χ4n) is 3.49. The van der Waals surface area contributed by atoms with E-state index < -0.39 is 9.84 Å². The lowest BCUT2D eigenvalue weighted by Gasteiger charge is -2.29. The van der Waals surface area contributed by atoms with E-state index in [-0.39, 0.29) is 17.5 Å². The van der Waals surface area contributed by atoms with Gasteiger partial charge in [0.05, 0.1) is 11.5 Å². The molecule has 0 saturated carbocycles. The summed E-state index contributed by atoms with van der Waals surface area (Å²) < 4.78 is 23.7. The maximum Gasteiger partial charge on any atom is 0.231 e. The smallest absolute Gasteiger partial charge is 0.231 e. The van der Waals surface area contributed by atoms with Crippen molar-refractivity contribution in [2.75, 3.05) is 34.4 Å². The first-order valence-corrected chi connectivity index (χ1v) is 10.9. The van der Waals surface area contributed by atoms with Crippen LogP contribution in [0.5, 0.6) is 0 Å². The minimum absolute atomic E-state index is 0.0122. The summed E-state index contributed by atoms with van der Waals surface area (Å²) in [5, 5.41) is 0. The Hall–Kier alpha value is -2.15. The Bertz CT molecular complexity index is 869. The van der Waals surface area contributed by atoms with E-state index in [4.69, 9.17) is 4.98 Å². The van der Waals surface area contributed by atoms with Crippen LogP contribution in [0.2, 0.25) is 0 Å². The van der Waals surface area contributed by atoms with Crippen LogP contribution in [-0.4, -0.2) is 49.0 Å². The van der Waals surface area contributed by atoms with Gasteiger partial charge in [0.1, 0.15) is 5.82 Å². The third-order valence-electron chi connectivity index (χ3n) is 4.78. The molecule has 1 fully saturated rings. The summed E-state index contributed by atoms with van der Waals surface area (Å²) in [6.07, 6.45) is 2.41. The van der Waals surface area contributed by atoms with Crippen molar-refractivity contribution in [2.24, 2.45) is 0 Å². The monoisotopic (exact) mass is 374 g/mol. The molecule has 2 aromatic rings. The molecule has 0 spiro atoms. The Morgan fingerprint density at radius 1 is 1.19 bits per heavy atom. The number of rotatable bonds is 6. The molecule has 26 heavy (non-hydrogen) atoms. The summed E-state index contributed by atoms with van der Waals surface area (Å²) in [5.74, 6) is 1.88. The number of hydrogen-bond donors (Lipinski definition) is 0. The predicted molar refractivity (Wildman–Crippen MR) is 106 cm³/mol. The van der Waals surface area contributed by atoms with E-state index in [0.29, 0.717) is 18.9 Å². The minimum atomic E-state index is -2.93. The van der Waals surface area contributed by atoms with Crippen LogP contribution in [0.15, 0.2) is 36.5 Å². The van der Waals surface area contributed by atoms with E-state index in [9.17, 15) is 8.42 Å². The van der Waals surface area contributed by atoms with E-state index in [2.05, 4.69) is 40.8 Å². The third kappa shape index (κ3) is 3.98. The van der Waals surface area contributed by atoms with E-state index in [1.807, 2.05) is 25.1 Å². The van der Waals surface area contributed by atoms with Gasteiger partial charge < -0.3 is 9.80 Å². The molecule has 1 saturated heterocycles. The maximum absolute atomic E-state index is 11.9. The van der Waals surface area contributed by atoms with Crippen LogP contribution in [0.25, 0.3) is 0 Å². The second-order valence-corrected chi connectivity index (χ2v) is 8.87. The van der Waals surface area contributed by atoms with Crippen LogP contribution in [0.1, 0.15) is 25.8 Å².